The molecule has 4 fully saturated rings. The quantitative estimate of drug-likeness (QED) is 0.672. The van der Waals surface area contributed by atoms with E-state index in [1.54, 1.807) is 38.5 Å². The van der Waals surface area contributed by atoms with Crippen LogP contribution in [-0.4, -0.2) is 25.0 Å². The summed E-state index contributed by atoms with van der Waals surface area (Å²) in [6.07, 6.45) is 9.33. The van der Waals surface area contributed by atoms with Gasteiger partial charge in [-0.15, -0.1) is 0 Å². The minimum Gasteiger partial charge on any atom is -0.306 e. The largest absolute Gasteiger partial charge is 0.306 e. The van der Waals surface area contributed by atoms with Gasteiger partial charge in [0.25, 0.3) is 0 Å². The maximum atomic E-state index is 2.47. The van der Waals surface area contributed by atoms with Gasteiger partial charge in [0.05, 0.1) is 0 Å². The molecule has 0 saturated heterocycles. The van der Waals surface area contributed by atoms with Crippen LogP contribution < -0.4 is 0 Å². The van der Waals surface area contributed by atoms with Gasteiger partial charge in [-0.3, -0.25) is 0 Å². The van der Waals surface area contributed by atoms with Crippen LogP contribution in [0.3, 0.4) is 0 Å². The first-order chi connectivity index (χ1) is 7.09. The van der Waals surface area contributed by atoms with Crippen LogP contribution in [-0.2, 0) is 0 Å². The monoisotopic (exact) mass is 207 g/mol. The molecule has 4 bridgehead atoms. The predicted molar refractivity (Wildman–Crippen MR) is 63.8 cm³/mol. The smallest absolute Gasteiger partial charge is 0.0118 e. The Morgan fingerprint density at radius 3 is 1.67 bits per heavy atom. The van der Waals surface area contributed by atoms with Gasteiger partial charge < -0.3 is 4.90 Å². The van der Waals surface area contributed by atoms with Crippen molar-refractivity contribution in [2.24, 2.45) is 23.2 Å². The van der Waals surface area contributed by atoms with Gasteiger partial charge >= 0.3 is 0 Å². The topological polar surface area (TPSA) is 3.24 Å². The molecule has 0 unspecified atom stereocenters. The Bertz CT molecular complexity index is 221. The van der Waals surface area contributed by atoms with E-state index in [4.69, 9.17) is 0 Å². The molecule has 4 aliphatic rings. The van der Waals surface area contributed by atoms with E-state index in [-0.39, 0.29) is 0 Å². The summed E-state index contributed by atoms with van der Waals surface area (Å²) >= 11 is 0. The van der Waals surface area contributed by atoms with Crippen LogP contribution in [0.2, 0.25) is 0 Å². The first-order valence-electron chi connectivity index (χ1n) is 6.75. The minimum absolute atomic E-state index is 0.707. The van der Waals surface area contributed by atoms with E-state index in [0.717, 1.165) is 23.8 Å². The Morgan fingerprint density at radius 1 is 0.933 bits per heavy atom. The van der Waals surface area contributed by atoms with Gasteiger partial charge in [0.15, 0.2) is 0 Å². The van der Waals surface area contributed by atoms with E-state index in [1.807, 2.05) is 0 Å². The van der Waals surface area contributed by atoms with Gasteiger partial charge in [-0.2, -0.15) is 0 Å². The van der Waals surface area contributed by atoms with E-state index in [0.29, 0.717) is 5.41 Å². The van der Waals surface area contributed by atoms with E-state index >= 15 is 0 Å². The van der Waals surface area contributed by atoms with Crippen molar-refractivity contribution in [1.82, 2.24) is 4.90 Å². The van der Waals surface area contributed by atoms with E-state index in [1.165, 1.54) is 0 Å². The average Bonchev–Trinajstić information content (AvgIpc) is 2.14. The van der Waals surface area contributed by atoms with Crippen molar-refractivity contribution < 1.29 is 0 Å². The Balaban J connectivity index is 1.86. The molecule has 0 aliphatic heterocycles. The molecular formula is C14H25N. The van der Waals surface area contributed by atoms with Gasteiger partial charge in [-0.05, 0) is 82.7 Å². The minimum atomic E-state index is 0.707. The van der Waals surface area contributed by atoms with Crippen molar-refractivity contribution in [1.29, 1.82) is 0 Å². The van der Waals surface area contributed by atoms with Crippen LogP contribution >= 0.6 is 0 Å². The van der Waals surface area contributed by atoms with Crippen molar-refractivity contribution in [2.75, 3.05) is 14.1 Å². The summed E-state index contributed by atoms with van der Waals surface area (Å²) in [5.74, 6) is 3.29. The van der Waals surface area contributed by atoms with Gasteiger partial charge in [-0.25, -0.2) is 0 Å². The van der Waals surface area contributed by atoms with Gasteiger partial charge in [-0.1, -0.05) is 0 Å². The van der Waals surface area contributed by atoms with Crippen LogP contribution in [0.4, 0.5) is 0 Å². The predicted octanol–water partition coefficient (Wildman–Crippen LogP) is 3.15. The lowest BCUT2D eigenvalue weighted by Crippen LogP contribution is -2.54. The lowest BCUT2D eigenvalue weighted by atomic mass is 9.48. The molecule has 0 amide bonds. The fraction of sp³-hybridized carbons (Fsp3) is 1.00. The molecule has 4 rings (SSSR count). The van der Waals surface area contributed by atoms with Crippen molar-refractivity contribution in [3.8, 4) is 0 Å². The highest BCUT2D eigenvalue weighted by atomic mass is 15.1. The second-order valence-electron chi connectivity index (χ2n) is 6.92. The molecule has 1 heteroatoms. The lowest BCUT2D eigenvalue weighted by molar-refractivity contribution is -0.0887. The second-order valence-corrected chi connectivity index (χ2v) is 6.92. The summed E-state index contributed by atoms with van der Waals surface area (Å²) in [6.45, 7) is 2.47. The van der Waals surface area contributed by atoms with E-state index < -0.39 is 0 Å². The highest BCUT2D eigenvalue weighted by molar-refractivity contribution is 5.05. The molecule has 0 radical (unpaired) electrons. The van der Waals surface area contributed by atoms with Gasteiger partial charge in [0, 0.05) is 6.04 Å². The van der Waals surface area contributed by atoms with Crippen molar-refractivity contribution in [3.63, 3.8) is 0 Å². The Labute approximate surface area is 94.2 Å². The van der Waals surface area contributed by atoms with Crippen LogP contribution in [0, 0.1) is 23.2 Å². The van der Waals surface area contributed by atoms with Crippen LogP contribution in [0.25, 0.3) is 0 Å². The summed E-state index contributed by atoms with van der Waals surface area (Å²) in [6, 6.07) is 0.797. The van der Waals surface area contributed by atoms with Crippen molar-refractivity contribution >= 4 is 0 Å². The van der Waals surface area contributed by atoms with Crippen LogP contribution in [0.15, 0.2) is 0 Å². The summed E-state index contributed by atoms with van der Waals surface area (Å²) in [4.78, 5) is 2.47. The van der Waals surface area contributed by atoms with Crippen LogP contribution in [0.1, 0.15) is 45.4 Å². The standard InChI is InChI=1S/C14H25N/c1-10(15(2)3)14-7-11-4-12(8-14)6-13(5-11)9-14/h10-13H,4-9H2,1-3H3/t10-,11?,12?,13?,14?/m0/s1. The lowest BCUT2D eigenvalue weighted by Gasteiger charge is -2.60. The zero-order valence-electron chi connectivity index (χ0n) is 10.5. The number of nitrogens with zero attached hydrogens (tertiary/aromatic N) is 1. The fourth-order valence-corrected chi connectivity index (χ4v) is 5.24. The molecule has 0 N–H and O–H groups in total. The van der Waals surface area contributed by atoms with Crippen LogP contribution in [0.5, 0.6) is 0 Å². The SMILES string of the molecule is C[C@H](N(C)C)C12CC3CC(CC(C3)C1)C2. The Morgan fingerprint density at radius 2 is 1.33 bits per heavy atom. The van der Waals surface area contributed by atoms with Crippen molar-refractivity contribution in [2.45, 2.75) is 51.5 Å². The third kappa shape index (κ3) is 1.46. The van der Waals surface area contributed by atoms with E-state index in [2.05, 4.69) is 25.9 Å². The third-order valence-electron chi connectivity index (χ3n) is 5.75. The van der Waals surface area contributed by atoms with Gasteiger partial charge in [0.1, 0.15) is 0 Å². The summed E-state index contributed by atoms with van der Waals surface area (Å²) < 4.78 is 0. The average molecular weight is 207 g/mol. The molecule has 1 atom stereocenters. The molecule has 4 aliphatic carbocycles. The summed E-state index contributed by atoms with van der Waals surface area (Å²) in [5, 5.41) is 0. The molecule has 86 valence electrons. The maximum Gasteiger partial charge on any atom is 0.0118 e. The molecule has 15 heavy (non-hydrogen) atoms. The molecule has 0 aromatic heterocycles. The van der Waals surface area contributed by atoms with E-state index in [9.17, 15) is 0 Å². The molecule has 0 heterocycles. The number of hydrogen-bond acceptors (Lipinski definition) is 1. The molecular weight excluding hydrogens is 182 g/mol. The molecule has 1 nitrogen and oxygen atoms in total. The zero-order valence-corrected chi connectivity index (χ0v) is 10.5. The summed E-state index contributed by atoms with van der Waals surface area (Å²) in [5.41, 5.74) is 0.707. The zero-order chi connectivity index (χ0) is 10.6. The Hall–Kier alpha value is -0.0400. The third-order valence-corrected chi connectivity index (χ3v) is 5.75. The molecule has 0 aromatic rings. The fourth-order valence-electron chi connectivity index (χ4n) is 5.24. The first kappa shape index (κ1) is 10.1. The number of hydrogen-bond donors (Lipinski definition) is 0. The first-order valence-corrected chi connectivity index (χ1v) is 6.75. The highest BCUT2D eigenvalue weighted by Crippen LogP contribution is 2.61. The maximum absolute atomic E-state index is 2.47. The summed E-state index contributed by atoms with van der Waals surface area (Å²) in [7, 11) is 4.53. The normalized spacial score (nSPS) is 50.0. The number of rotatable bonds is 2. The second kappa shape index (κ2) is 3.23. The molecule has 0 spiro atoms. The molecule has 0 aromatic carbocycles. The molecule has 4 saturated carbocycles. The highest BCUT2D eigenvalue weighted by Gasteiger charge is 2.53. The Kier molecular flexibility index (Phi) is 2.18. The van der Waals surface area contributed by atoms with Gasteiger partial charge in [0.2, 0.25) is 0 Å². The van der Waals surface area contributed by atoms with Crippen molar-refractivity contribution in [3.05, 3.63) is 0 Å².